The molecule has 1 N–H and O–H groups in total. The normalized spacial score (nSPS) is 21.0. The molecule has 158 valence electrons. The molecule has 2 atom stereocenters. The van der Waals surface area contributed by atoms with E-state index in [0.717, 1.165) is 24.8 Å². The van der Waals surface area contributed by atoms with Gasteiger partial charge in [-0.25, -0.2) is 9.97 Å². The van der Waals surface area contributed by atoms with E-state index in [1.807, 2.05) is 12.1 Å². The molecule has 1 aliphatic rings. The molecule has 2 heterocycles. The number of ketones is 1. The van der Waals surface area contributed by atoms with E-state index in [1.165, 1.54) is 0 Å². The van der Waals surface area contributed by atoms with Crippen LogP contribution in [0.1, 0.15) is 43.5 Å². The standard InChI is InChI=1S/C23H27N3O4/c1-13-7-6-8-23(13,2)21(27)15-11-24-22-19(15)26-16(12-25-22)14-9-17(28-3)20(30-5)18(10-14)29-4/h9-13H,6-8H2,1-5H3,(H,24,25)/t13-,23+/m0/s1. The maximum atomic E-state index is 13.4. The van der Waals surface area contributed by atoms with Gasteiger partial charge in [0, 0.05) is 17.2 Å². The van der Waals surface area contributed by atoms with Gasteiger partial charge < -0.3 is 19.2 Å². The van der Waals surface area contributed by atoms with Crippen LogP contribution >= 0.6 is 0 Å². The van der Waals surface area contributed by atoms with Gasteiger partial charge in [-0.15, -0.1) is 0 Å². The summed E-state index contributed by atoms with van der Waals surface area (Å²) in [6.45, 7) is 4.23. The summed E-state index contributed by atoms with van der Waals surface area (Å²) in [4.78, 5) is 25.8. The highest BCUT2D eigenvalue weighted by Gasteiger charge is 2.43. The fourth-order valence-electron chi connectivity index (χ4n) is 4.42. The van der Waals surface area contributed by atoms with Crippen molar-refractivity contribution in [2.24, 2.45) is 11.3 Å². The second-order valence-electron chi connectivity index (χ2n) is 8.11. The molecule has 0 aliphatic heterocycles. The lowest BCUT2D eigenvalue weighted by molar-refractivity contribution is 0.0767. The molecule has 0 unspecified atom stereocenters. The van der Waals surface area contributed by atoms with Crippen LogP contribution < -0.4 is 14.2 Å². The molecular weight excluding hydrogens is 382 g/mol. The largest absolute Gasteiger partial charge is 0.493 e. The number of aromatic nitrogens is 3. The highest BCUT2D eigenvalue weighted by Crippen LogP contribution is 2.46. The Morgan fingerprint density at radius 2 is 1.87 bits per heavy atom. The summed E-state index contributed by atoms with van der Waals surface area (Å²) in [6, 6.07) is 3.65. The molecular formula is C23H27N3O4. The second kappa shape index (κ2) is 7.63. The van der Waals surface area contributed by atoms with E-state index in [9.17, 15) is 4.79 Å². The van der Waals surface area contributed by atoms with E-state index >= 15 is 0 Å². The van der Waals surface area contributed by atoms with Crippen molar-refractivity contribution >= 4 is 16.9 Å². The van der Waals surface area contributed by atoms with Crippen LogP contribution in [0.5, 0.6) is 17.2 Å². The van der Waals surface area contributed by atoms with Crippen molar-refractivity contribution < 1.29 is 19.0 Å². The molecule has 7 heteroatoms. The minimum atomic E-state index is -0.362. The number of rotatable bonds is 6. The zero-order valence-corrected chi connectivity index (χ0v) is 18.0. The maximum absolute atomic E-state index is 13.4. The smallest absolute Gasteiger partial charge is 0.203 e. The number of nitrogens with zero attached hydrogens (tertiary/aromatic N) is 2. The van der Waals surface area contributed by atoms with Crippen molar-refractivity contribution in [1.82, 2.24) is 15.0 Å². The molecule has 0 spiro atoms. The van der Waals surface area contributed by atoms with Gasteiger partial charge in [-0.05, 0) is 30.9 Å². The Hall–Kier alpha value is -3.09. The number of aromatic amines is 1. The molecule has 4 rings (SSSR count). The van der Waals surface area contributed by atoms with Crippen LogP contribution in [0.25, 0.3) is 22.4 Å². The SMILES string of the molecule is COc1cc(-c2cnc3[nH]cc(C(=O)[C@]4(C)CCC[C@@H]4C)c3n2)cc(OC)c1OC. The number of ether oxygens (including phenoxy) is 3. The summed E-state index contributed by atoms with van der Waals surface area (Å²) in [5.41, 5.74) is 2.82. The van der Waals surface area contributed by atoms with E-state index in [0.29, 0.717) is 45.6 Å². The predicted octanol–water partition coefficient (Wildman–Crippen LogP) is 4.66. The average Bonchev–Trinajstić information content (AvgIpc) is 3.35. The fourth-order valence-corrected chi connectivity index (χ4v) is 4.42. The van der Waals surface area contributed by atoms with Crippen molar-refractivity contribution in [3.8, 4) is 28.5 Å². The van der Waals surface area contributed by atoms with Gasteiger partial charge in [-0.3, -0.25) is 4.79 Å². The topological polar surface area (TPSA) is 86.3 Å². The number of hydrogen-bond acceptors (Lipinski definition) is 6. The fraction of sp³-hybridized carbons (Fsp3) is 0.435. The van der Waals surface area contributed by atoms with E-state index in [1.54, 1.807) is 33.7 Å². The van der Waals surface area contributed by atoms with Crippen molar-refractivity contribution in [2.45, 2.75) is 33.1 Å². The van der Waals surface area contributed by atoms with E-state index < -0.39 is 0 Å². The first-order valence-corrected chi connectivity index (χ1v) is 10.1. The number of Topliss-reactive ketones (excluding diaryl/α,β-unsaturated/α-hetero) is 1. The van der Waals surface area contributed by atoms with Crippen LogP contribution in [-0.4, -0.2) is 42.1 Å². The Balaban J connectivity index is 1.81. The summed E-state index contributed by atoms with van der Waals surface area (Å²) >= 11 is 0. The molecule has 2 aromatic heterocycles. The molecule has 1 aliphatic carbocycles. The Morgan fingerprint density at radius 1 is 1.17 bits per heavy atom. The van der Waals surface area contributed by atoms with Crippen molar-refractivity contribution in [3.05, 3.63) is 30.1 Å². The minimum absolute atomic E-state index is 0.134. The average molecular weight is 409 g/mol. The number of carbonyl (C=O) groups is 1. The lowest BCUT2D eigenvalue weighted by Gasteiger charge is -2.27. The highest BCUT2D eigenvalue weighted by molar-refractivity contribution is 6.09. The third-order valence-electron chi connectivity index (χ3n) is 6.53. The molecule has 7 nitrogen and oxygen atoms in total. The molecule has 0 amide bonds. The Labute approximate surface area is 175 Å². The van der Waals surface area contributed by atoms with Crippen LogP contribution in [0.15, 0.2) is 24.5 Å². The maximum Gasteiger partial charge on any atom is 0.203 e. The van der Waals surface area contributed by atoms with Crippen LogP contribution in [-0.2, 0) is 0 Å². The van der Waals surface area contributed by atoms with E-state index in [2.05, 4.69) is 23.8 Å². The monoisotopic (exact) mass is 409 g/mol. The van der Waals surface area contributed by atoms with Gasteiger partial charge in [0.2, 0.25) is 5.75 Å². The van der Waals surface area contributed by atoms with Gasteiger partial charge in [-0.2, -0.15) is 0 Å². The Bertz CT molecular complexity index is 1080. The zero-order chi connectivity index (χ0) is 21.5. The molecule has 0 saturated heterocycles. The third kappa shape index (κ3) is 3.09. The zero-order valence-electron chi connectivity index (χ0n) is 18.0. The van der Waals surface area contributed by atoms with E-state index in [-0.39, 0.29) is 11.2 Å². The van der Waals surface area contributed by atoms with Gasteiger partial charge in [0.05, 0.1) is 38.8 Å². The summed E-state index contributed by atoms with van der Waals surface area (Å²) in [7, 11) is 4.71. The third-order valence-corrected chi connectivity index (χ3v) is 6.53. The lowest BCUT2D eigenvalue weighted by Crippen LogP contribution is -2.30. The van der Waals surface area contributed by atoms with Gasteiger partial charge in [0.1, 0.15) is 5.52 Å². The van der Waals surface area contributed by atoms with Crippen molar-refractivity contribution in [2.75, 3.05) is 21.3 Å². The van der Waals surface area contributed by atoms with Crippen LogP contribution in [0.3, 0.4) is 0 Å². The number of methoxy groups -OCH3 is 3. The molecule has 3 aromatic rings. The summed E-state index contributed by atoms with van der Waals surface area (Å²) in [5.74, 6) is 2.06. The molecule has 30 heavy (non-hydrogen) atoms. The number of carbonyl (C=O) groups excluding carboxylic acids is 1. The van der Waals surface area contributed by atoms with Crippen LogP contribution in [0.2, 0.25) is 0 Å². The summed E-state index contributed by atoms with van der Waals surface area (Å²) in [5, 5.41) is 0. The summed E-state index contributed by atoms with van der Waals surface area (Å²) < 4.78 is 16.3. The first-order chi connectivity index (χ1) is 14.4. The number of benzene rings is 1. The van der Waals surface area contributed by atoms with Crippen LogP contribution in [0.4, 0.5) is 0 Å². The van der Waals surface area contributed by atoms with Gasteiger partial charge >= 0.3 is 0 Å². The molecule has 1 fully saturated rings. The molecule has 0 radical (unpaired) electrons. The molecule has 1 saturated carbocycles. The van der Waals surface area contributed by atoms with Gasteiger partial charge in [-0.1, -0.05) is 20.3 Å². The quantitative estimate of drug-likeness (QED) is 0.596. The predicted molar refractivity (Wildman–Crippen MR) is 114 cm³/mol. The Morgan fingerprint density at radius 3 is 2.43 bits per heavy atom. The number of nitrogens with one attached hydrogen (secondary N) is 1. The van der Waals surface area contributed by atoms with Gasteiger partial charge in [0.25, 0.3) is 0 Å². The minimum Gasteiger partial charge on any atom is -0.493 e. The first-order valence-electron chi connectivity index (χ1n) is 10.1. The highest BCUT2D eigenvalue weighted by atomic mass is 16.5. The van der Waals surface area contributed by atoms with Crippen molar-refractivity contribution in [3.63, 3.8) is 0 Å². The van der Waals surface area contributed by atoms with Crippen LogP contribution in [0, 0.1) is 11.3 Å². The molecule has 1 aromatic carbocycles. The number of hydrogen-bond donors (Lipinski definition) is 1. The van der Waals surface area contributed by atoms with Gasteiger partial charge in [0.15, 0.2) is 22.9 Å². The first kappa shape index (κ1) is 20.2. The second-order valence-corrected chi connectivity index (χ2v) is 8.11. The lowest BCUT2D eigenvalue weighted by atomic mass is 9.75. The number of fused-ring (bicyclic) bond motifs is 1. The summed E-state index contributed by atoms with van der Waals surface area (Å²) in [6.07, 6.45) is 6.47. The van der Waals surface area contributed by atoms with Crippen molar-refractivity contribution in [1.29, 1.82) is 0 Å². The molecule has 0 bridgehead atoms. The van der Waals surface area contributed by atoms with E-state index in [4.69, 9.17) is 19.2 Å². The Kier molecular flexibility index (Phi) is 5.13. The number of H-pyrrole nitrogens is 1.